The highest BCUT2D eigenvalue weighted by molar-refractivity contribution is 8.25. The van der Waals surface area contributed by atoms with Crippen LogP contribution in [-0.4, -0.2) is 0 Å². The predicted octanol–water partition coefficient (Wildman–Crippen LogP) is 3.88. The van der Waals surface area contributed by atoms with Gasteiger partial charge in [0.15, 0.2) is 0 Å². The molecule has 1 nitrogen and oxygen atoms in total. The van der Waals surface area contributed by atoms with Gasteiger partial charge in [0.1, 0.15) is 0 Å². The van der Waals surface area contributed by atoms with Crippen molar-refractivity contribution in [3.05, 3.63) is 60.7 Å². The van der Waals surface area contributed by atoms with E-state index in [-0.39, 0.29) is 0 Å². The van der Waals surface area contributed by atoms with Gasteiger partial charge in [-0.15, -0.1) is 0 Å². The van der Waals surface area contributed by atoms with E-state index in [1.54, 1.807) is 0 Å². The maximum Gasteiger partial charge on any atom is 0.0424 e. The van der Waals surface area contributed by atoms with Crippen molar-refractivity contribution in [2.75, 3.05) is 4.67 Å². The first-order valence-corrected chi connectivity index (χ1v) is 6.78. The van der Waals surface area contributed by atoms with E-state index in [2.05, 4.69) is 28.9 Å². The summed E-state index contributed by atoms with van der Waals surface area (Å²) in [4.78, 5) is 0. The van der Waals surface area contributed by atoms with Crippen molar-refractivity contribution >= 4 is 31.6 Å². The van der Waals surface area contributed by atoms with Gasteiger partial charge in [0.05, 0.1) is 0 Å². The summed E-state index contributed by atoms with van der Waals surface area (Å²) in [6.07, 6.45) is 0. The maximum absolute atomic E-state index is 5.19. The number of rotatable bonds is 3. The van der Waals surface area contributed by atoms with Crippen LogP contribution in [0.2, 0.25) is 0 Å². The second-order valence-electron chi connectivity index (χ2n) is 3.10. The first kappa shape index (κ1) is 10.5. The van der Waals surface area contributed by atoms with Crippen LogP contribution >= 0.6 is 7.93 Å². The van der Waals surface area contributed by atoms with Crippen molar-refractivity contribution in [2.45, 2.75) is 0 Å². The van der Waals surface area contributed by atoms with E-state index in [1.807, 2.05) is 36.4 Å². The molecule has 0 heterocycles. The number of anilines is 2. The summed E-state index contributed by atoms with van der Waals surface area (Å²) < 4.78 is 2.13. The lowest BCUT2D eigenvalue weighted by atomic mass is 10.3. The van der Waals surface area contributed by atoms with Crippen molar-refractivity contribution in [1.82, 2.24) is 0 Å². The quantitative estimate of drug-likeness (QED) is 0.583. The zero-order valence-corrected chi connectivity index (χ0v) is 9.95. The fraction of sp³-hybridized carbons (Fsp3) is 0. The summed E-state index contributed by atoms with van der Waals surface area (Å²) >= 11 is 5.19. The van der Waals surface area contributed by atoms with Crippen LogP contribution in [0.3, 0.4) is 0 Å². The molecule has 0 saturated carbocycles. The molecular weight excluding hydrogens is 221 g/mol. The highest BCUT2D eigenvalue weighted by Crippen LogP contribution is 2.34. The monoisotopic (exact) mass is 232 g/mol. The molecule has 0 saturated heterocycles. The Bertz CT molecular complexity index is 365. The van der Waals surface area contributed by atoms with Crippen molar-refractivity contribution < 1.29 is 0 Å². The van der Waals surface area contributed by atoms with Gasteiger partial charge in [0.2, 0.25) is 0 Å². The Hall–Kier alpha value is -0.980. The van der Waals surface area contributed by atoms with Crippen LogP contribution in [0.1, 0.15) is 0 Å². The molecule has 0 aliphatic carbocycles. The summed E-state index contributed by atoms with van der Waals surface area (Å²) in [5.41, 5.74) is 2.30. The number of hydrogen-bond donors (Lipinski definition) is 0. The topological polar surface area (TPSA) is 3.24 Å². The normalized spacial score (nSPS) is 10.7. The smallest absolute Gasteiger partial charge is 0.0424 e. The number of hydrogen-bond acceptors (Lipinski definition) is 2. The average Bonchev–Trinajstić information content (AvgIpc) is 2.33. The fourth-order valence-corrected chi connectivity index (χ4v) is 2.55. The van der Waals surface area contributed by atoms with Gasteiger partial charge in [0, 0.05) is 11.4 Å². The summed E-state index contributed by atoms with van der Waals surface area (Å²) in [5.74, 6) is 0. The maximum atomic E-state index is 5.19. The molecule has 0 N–H and O–H groups in total. The van der Waals surface area contributed by atoms with Crippen molar-refractivity contribution in [1.29, 1.82) is 0 Å². The van der Waals surface area contributed by atoms with Crippen LogP contribution in [0.15, 0.2) is 60.7 Å². The van der Waals surface area contributed by atoms with E-state index in [4.69, 9.17) is 12.2 Å². The van der Waals surface area contributed by atoms with Crippen LogP contribution in [0.25, 0.3) is 0 Å². The van der Waals surface area contributed by atoms with Crippen LogP contribution < -0.4 is 4.67 Å². The molecular formula is C12H11NPS-. The Kier molecular flexibility index (Phi) is 3.65. The summed E-state index contributed by atoms with van der Waals surface area (Å²) in [5, 5.41) is 0. The molecule has 0 aromatic heterocycles. The lowest BCUT2D eigenvalue weighted by molar-refractivity contribution is 1.43. The number of benzene rings is 2. The van der Waals surface area contributed by atoms with E-state index < -0.39 is 0 Å². The van der Waals surface area contributed by atoms with E-state index in [1.165, 1.54) is 0 Å². The Morgan fingerprint density at radius 2 is 1.13 bits per heavy atom. The van der Waals surface area contributed by atoms with Gasteiger partial charge < -0.3 is 16.9 Å². The van der Waals surface area contributed by atoms with E-state index in [0.717, 1.165) is 11.4 Å². The van der Waals surface area contributed by atoms with Gasteiger partial charge in [-0.3, -0.25) is 0 Å². The lowest BCUT2D eigenvalue weighted by Gasteiger charge is -2.28. The zero-order valence-electron chi connectivity index (χ0n) is 8.13. The van der Waals surface area contributed by atoms with Crippen LogP contribution in [0.4, 0.5) is 11.4 Å². The van der Waals surface area contributed by atoms with Gasteiger partial charge in [-0.05, 0) is 24.3 Å². The molecule has 1 atom stereocenters. The van der Waals surface area contributed by atoms with Gasteiger partial charge in [-0.25, -0.2) is 0 Å². The number of nitrogens with zero attached hydrogens (tertiary/aromatic N) is 1. The Morgan fingerprint density at radius 3 is 1.47 bits per heavy atom. The molecule has 2 aromatic rings. The molecule has 15 heavy (non-hydrogen) atoms. The van der Waals surface area contributed by atoms with Crippen LogP contribution in [-0.2, 0) is 12.2 Å². The molecule has 0 fully saturated rings. The van der Waals surface area contributed by atoms with E-state index in [0.29, 0.717) is 7.93 Å². The average molecular weight is 232 g/mol. The molecule has 0 aliphatic heterocycles. The molecule has 2 aromatic carbocycles. The number of para-hydroxylation sites is 2. The zero-order chi connectivity index (χ0) is 10.5. The van der Waals surface area contributed by atoms with Crippen LogP contribution in [0.5, 0.6) is 0 Å². The minimum absolute atomic E-state index is 0.320. The molecule has 0 spiro atoms. The third kappa shape index (κ3) is 2.53. The third-order valence-corrected chi connectivity index (χ3v) is 3.37. The molecule has 0 aliphatic rings. The van der Waals surface area contributed by atoms with E-state index >= 15 is 0 Å². The van der Waals surface area contributed by atoms with Crippen molar-refractivity contribution in [3.63, 3.8) is 0 Å². The Labute approximate surface area is 97.1 Å². The third-order valence-electron chi connectivity index (χ3n) is 2.12. The SMILES string of the molecule is [S-]PN(c1ccccc1)c1ccccc1. The Balaban J connectivity index is 2.34. The van der Waals surface area contributed by atoms with Crippen LogP contribution in [0, 0.1) is 0 Å². The molecule has 2 rings (SSSR count). The first-order chi connectivity index (χ1) is 7.42. The second-order valence-corrected chi connectivity index (χ2v) is 4.28. The summed E-state index contributed by atoms with van der Waals surface area (Å²) in [6.45, 7) is 0. The molecule has 76 valence electrons. The molecule has 0 bridgehead atoms. The highest BCUT2D eigenvalue weighted by Gasteiger charge is 2.01. The van der Waals surface area contributed by atoms with Crippen molar-refractivity contribution in [3.8, 4) is 0 Å². The van der Waals surface area contributed by atoms with Gasteiger partial charge in [-0.2, -0.15) is 7.93 Å². The van der Waals surface area contributed by atoms with Gasteiger partial charge >= 0.3 is 0 Å². The Morgan fingerprint density at radius 1 is 0.733 bits per heavy atom. The molecule has 0 amide bonds. The van der Waals surface area contributed by atoms with Crippen molar-refractivity contribution in [2.24, 2.45) is 0 Å². The molecule has 1 unspecified atom stereocenters. The largest absolute Gasteiger partial charge is 0.740 e. The predicted molar refractivity (Wildman–Crippen MR) is 70.7 cm³/mol. The second kappa shape index (κ2) is 5.20. The molecule has 0 radical (unpaired) electrons. The first-order valence-electron chi connectivity index (χ1n) is 4.70. The standard InChI is InChI=1S/C12H11NPS/c15-14-13(11-7-3-1-4-8-11)12-9-5-2-6-10-12/h1-10,14H/q-1. The fourth-order valence-electron chi connectivity index (χ4n) is 1.41. The minimum atomic E-state index is 0.320. The van der Waals surface area contributed by atoms with E-state index in [9.17, 15) is 0 Å². The lowest BCUT2D eigenvalue weighted by Crippen LogP contribution is -2.02. The summed E-state index contributed by atoms with van der Waals surface area (Å²) in [6, 6.07) is 20.4. The minimum Gasteiger partial charge on any atom is -0.740 e. The van der Waals surface area contributed by atoms with Gasteiger partial charge in [0.25, 0.3) is 0 Å². The summed E-state index contributed by atoms with van der Waals surface area (Å²) in [7, 11) is 0.320. The van der Waals surface area contributed by atoms with Gasteiger partial charge in [-0.1, -0.05) is 36.4 Å². The highest BCUT2D eigenvalue weighted by atomic mass is 32.7. The molecule has 3 heteroatoms.